The number of anilines is 1. The van der Waals surface area contributed by atoms with Crippen LogP contribution in [0, 0.1) is 0 Å². The van der Waals surface area contributed by atoms with Gasteiger partial charge in [0, 0.05) is 24.1 Å². The molecule has 0 fully saturated rings. The van der Waals surface area contributed by atoms with Gasteiger partial charge in [0.05, 0.1) is 22.7 Å². The Labute approximate surface area is 150 Å². The van der Waals surface area contributed by atoms with Crippen LogP contribution in [-0.4, -0.2) is 36.7 Å². The molecule has 1 aromatic carbocycles. The molecule has 7 nitrogen and oxygen atoms in total. The zero-order valence-electron chi connectivity index (χ0n) is 14.1. The lowest BCUT2D eigenvalue weighted by atomic mass is 10.2. The first-order valence-corrected chi connectivity index (χ1v) is 10.3. The van der Waals surface area contributed by atoms with Crippen molar-refractivity contribution in [3.8, 4) is 0 Å². The van der Waals surface area contributed by atoms with Gasteiger partial charge in [-0.05, 0) is 25.1 Å². The predicted molar refractivity (Wildman–Crippen MR) is 97.5 cm³/mol. The molecule has 0 aliphatic rings. The van der Waals surface area contributed by atoms with Gasteiger partial charge >= 0.3 is 0 Å². The number of ether oxygens (including phenoxy) is 1. The van der Waals surface area contributed by atoms with Crippen LogP contribution in [0.3, 0.4) is 0 Å². The van der Waals surface area contributed by atoms with Crippen LogP contribution in [0.1, 0.15) is 23.7 Å². The van der Waals surface area contributed by atoms with Crippen LogP contribution in [0.4, 0.5) is 5.82 Å². The molecule has 0 saturated carbocycles. The van der Waals surface area contributed by atoms with Gasteiger partial charge in [-0.25, -0.2) is 23.4 Å². The van der Waals surface area contributed by atoms with Gasteiger partial charge < -0.3 is 10.1 Å². The van der Waals surface area contributed by atoms with E-state index in [9.17, 15) is 8.42 Å². The van der Waals surface area contributed by atoms with Crippen molar-refractivity contribution < 1.29 is 13.2 Å². The summed E-state index contributed by atoms with van der Waals surface area (Å²) >= 11 is 1.54. The van der Waals surface area contributed by atoms with Crippen LogP contribution in [0.15, 0.2) is 34.8 Å². The quantitative estimate of drug-likeness (QED) is 0.705. The molecule has 2 heterocycles. The summed E-state index contributed by atoms with van der Waals surface area (Å²) in [4.78, 5) is 13.2. The highest BCUT2D eigenvalue weighted by Crippen LogP contribution is 2.24. The average Bonchev–Trinajstić information content (AvgIpc) is 3.07. The molecular formula is C16H18N4O3S2. The second kappa shape index (κ2) is 7.03. The lowest BCUT2D eigenvalue weighted by molar-refractivity contribution is 0.119. The third-order valence-electron chi connectivity index (χ3n) is 3.74. The zero-order chi connectivity index (χ0) is 18.0. The maximum absolute atomic E-state index is 11.8. The minimum atomic E-state index is -3.30. The average molecular weight is 378 g/mol. The zero-order valence-corrected chi connectivity index (χ0v) is 15.7. The lowest BCUT2D eigenvalue weighted by Gasteiger charge is -2.08. The number of rotatable bonds is 6. The Morgan fingerprint density at radius 1 is 1.32 bits per heavy atom. The fourth-order valence-corrected chi connectivity index (χ4v) is 3.77. The van der Waals surface area contributed by atoms with E-state index < -0.39 is 9.84 Å². The molecule has 0 saturated heterocycles. The summed E-state index contributed by atoms with van der Waals surface area (Å²) in [6.45, 7) is 2.42. The number of thiazole rings is 1. The van der Waals surface area contributed by atoms with Crippen LogP contribution >= 0.6 is 11.3 Å². The molecule has 1 N–H and O–H groups in total. The van der Waals surface area contributed by atoms with Gasteiger partial charge in [0.1, 0.15) is 23.3 Å². The number of methoxy groups -OCH3 is 1. The summed E-state index contributed by atoms with van der Waals surface area (Å²) in [5.74, 6) is 0.574. The van der Waals surface area contributed by atoms with E-state index in [1.165, 1.54) is 23.9 Å². The molecule has 0 bridgehead atoms. The van der Waals surface area contributed by atoms with E-state index in [1.54, 1.807) is 25.3 Å². The van der Waals surface area contributed by atoms with Crippen LogP contribution < -0.4 is 5.32 Å². The Kier molecular flexibility index (Phi) is 4.98. The van der Waals surface area contributed by atoms with Crippen molar-refractivity contribution in [2.75, 3.05) is 18.7 Å². The molecule has 0 amide bonds. The number of hydrogen-bond donors (Lipinski definition) is 1. The minimum Gasteiger partial charge on any atom is -0.375 e. The van der Waals surface area contributed by atoms with Crippen molar-refractivity contribution in [2.24, 2.45) is 0 Å². The first-order valence-electron chi connectivity index (χ1n) is 7.54. The second-order valence-electron chi connectivity index (χ2n) is 5.58. The van der Waals surface area contributed by atoms with E-state index in [4.69, 9.17) is 4.74 Å². The second-order valence-corrected chi connectivity index (χ2v) is 8.49. The van der Waals surface area contributed by atoms with E-state index in [-0.39, 0.29) is 11.0 Å². The number of sulfone groups is 1. The highest BCUT2D eigenvalue weighted by molar-refractivity contribution is 7.90. The molecule has 0 aliphatic carbocycles. The summed E-state index contributed by atoms with van der Waals surface area (Å²) in [6, 6.07) is 4.82. The molecule has 2 aromatic heterocycles. The monoisotopic (exact) mass is 378 g/mol. The van der Waals surface area contributed by atoms with E-state index in [1.807, 2.05) is 12.3 Å². The highest BCUT2D eigenvalue weighted by atomic mass is 32.2. The van der Waals surface area contributed by atoms with Gasteiger partial charge in [0.15, 0.2) is 9.84 Å². The lowest BCUT2D eigenvalue weighted by Crippen LogP contribution is -2.04. The first-order chi connectivity index (χ1) is 11.9. The minimum absolute atomic E-state index is 0.0454. The molecule has 3 aromatic rings. The normalized spacial score (nSPS) is 13.1. The number of nitrogens with one attached hydrogen (secondary N) is 1. The third-order valence-corrected chi connectivity index (χ3v) is 5.91. The summed E-state index contributed by atoms with van der Waals surface area (Å²) in [5.41, 5.74) is 1.55. The summed E-state index contributed by atoms with van der Waals surface area (Å²) in [7, 11) is -1.65. The molecular weight excluding hydrogens is 360 g/mol. The highest BCUT2D eigenvalue weighted by Gasteiger charge is 2.12. The maximum Gasteiger partial charge on any atom is 0.175 e. The number of benzene rings is 1. The fourth-order valence-electron chi connectivity index (χ4n) is 2.27. The molecule has 3 rings (SSSR count). The van der Waals surface area contributed by atoms with E-state index >= 15 is 0 Å². The van der Waals surface area contributed by atoms with Gasteiger partial charge in [-0.15, -0.1) is 11.3 Å². The van der Waals surface area contributed by atoms with Gasteiger partial charge in [-0.3, -0.25) is 0 Å². The Hall–Kier alpha value is -2.10. The smallest absolute Gasteiger partial charge is 0.175 e. The van der Waals surface area contributed by atoms with Crippen LogP contribution in [0.5, 0.6) is 0 Å². The van der Waals surface area contributed by atoms with Crippen molar-refractivity contribution >= 4 is 37.9 Å². The van der Waals surface area contributed by atoms with Crippen molar-refractivity contribution in [3.63, 3.8) is 0 Å². The summed E-state index contributed by atoms with van der Waals surface area (Å²) in [6.07, 6.45) is 2.58. The molecule has 0 spiro atoms. The maximum atomic E-state index is 11.8. The number of fused-ring (bicyclic) bond motifs is 1. The topological polar surface area (TPSA) is 94.1 Å². The molecule has 132 valence electrons. The van der Waals surface area contributed by atoms with Crippen molar-refractivity contribution in [3.05, 3.63) is 40.6 Å². The molecule has 9 heteroatoms. The van der Waals surface area contributed by atoms with E-state index in [2.05, 4.69) is 20.3 Å². The standard InChI is InChI=1S/C16H18N4O3S2/c1-10(23-2)16-20-11(8-24-16)7-17-15-13-6-12(25(3,21)22)4-5-14(13)18-9-19-15/h4-6,8-10H,7H2,1-3H3,(H,17,18,19). The summed E-state index contributed by atoms with van der Waals surface area (Å²) < 4.78 is 28.8. The predicted octanol–water partition coefficient (Wildman–Crippen LogP) is 2.81. The fraction of sp³-hybridized carbons (Fsp3) is 0.312. The Balaban J connectivity index is 1.87. The molecule has 0 aliphatic heterocycles. The van der Waals surface area contributed by atoms with Gasteiger partial charge in [0.25, 0.3) is 0 Å². The number of nitrogens with zero attached hydrogens (tertiary/aromatic N) is 3. The first kappa shape index (κ1) is 17.7. The van der Waals surface area contributed by atoms with Crippen LogP contribution in [-0.2, 0) is 21.1 Å². The Morgan fingerprint density at radius 2 is 2.12 bits per heavy atom. The Morgan fingerprint density at radius 3 is 2.84 bits per heavy atom. The third kappa shape index (κ3) is 3.94. The van der Waals surface area contributed by atoms with Gasteiger partial charge in [-0.2, -0.15) is 0 Å². The van der Waals surface area contributed by atoms with E-state index in [0.717, 1.165) is 10.7 Å². The Bertz CT molecular complexity index is 1000. The molecule has 25 heavy (non-hydrogen) atoms. The molecule has 1 atom stereocenters. The number of hydrogen-bond acceptors (Lipinski definition) is 8. The molecule has 1 unspecified atom stereocenters. The number of aromatic nitrogens is 3. The van der Waals surface area contributed by atoms with Crippen LogP contribution in [0.25, 0.3) is 10.9 Å². The van der Waals surface area contributed by atoms with Crippen LogP contribution in [0.2, 0.25) is 0 Å². The summed E-state index contributed by atoms with van der Waals surface area (Å²) in [5, 5.41) is 6.74. The van der Waals surface area contributed by atoms with E-state index in [0.29, 0.717) is 23.3 Å². The van der Waals surface area contributed by atoms with Gasteiger partial charge in [-0.1, -0.05) is 0 Å². The van der Waals surface area contributed by atoms with Crippen molar-refractivity contribution in [1.82, 2.24) is 15.0 Å². The molecule has 0 radical (unpaired) electrons. The largest absolute Gasteiger partial charge is 0.375 e. The van der Waals surface area contributed by atoms with Gasteiger partial charge in [0.2, 0.25) is 0 Å². The van der Waals surface area contributed by atoms with Crippen molar-refractivity contribution in [1.29, 1.82) is 0 Å². The SMILES string of the molecule is COC(C)c1nc(CNc2ncnc3ccc(S(C)(=O)=O)cc23)cs1. The van der Waals surface area contributed by atoms with Crippen molar-refractivity contribution in [2.45, 2.75) is 24.5 Å².